The minimum absolute atomic E-state index is 0.448. The predicted molar refractivity (Wildman–Crippen MR) is 60.2 cm³/mol. The van der Waals surface area contributed by atoms with E-state index in [4.69, 9.17) is 22.1 Å². The van der Waals surface area contributed by atoms with E-state index in [0.717, 1.165) is 11.3 Å². The summed E-state index contributed by atoms with van der Waals surface area (Å²) in [7, 11) is 0. The zero-order valence-electron chi connectivity index (χ0n) is 8.57. The van der Waals surface area contributed by atoms with E-state index in [1.165, 1.54) is 0 Å². The van der Waals surface area contributed by atoms with Gasteiger partial charge in [-0.1, -0.05) is 12.1 Å². The first-order valence-electron chi connectivity index (χ1n) is 4.78. The van der Waals surface area contributed by atoms with Crippen LogP contribution in [0.15, 0.2) is 24.3 Å². The van der Waals surface area contributed by atoms with Crippen LogP contribution in [0.4, 0.5) is 0 Å². The maximum absolute atomic E-state index is 10.7. The summed E-state index contributed by atoms with van der Waals surface area (Å²) >= 11 is 5.75. The van der Waals surface area contributed by atoms with Gasteiger partial charge >= 0.3 is 0 Å². The number of amides is 1. The Bertz CT molecular complexity index is 324. The van der Waals surface area contributed by atoms with Crippen molar-refractivity contribution in [1.82, 2.24) is 0 Å². The highest BCUT2D eigenvalue weighted by molar-refractivity contribution is 6.30. The molecule has 0 saturated carbocycles. The van der Waals surface area contributed by atoms with Gasteiger partial charge in [-0.2, -0.15) is 0 Å². The Kier molecular flexibility index (Phi) is 4.43. The number of alkyl halides is 1. The van der Waals surface area contributed by atoms with Crippen LogP contribution in [0.1, 0.15) is 12.5 Å². The standard InChI is InChI=1S/C11H14ClNO2/c1-2-15-9-5-3-8(4-6-9)7-10(12)11(13)14/h3-6,10H,2,7H2,1H3,(H2,13,14). The van der Waals surface area contributed by atoms with Crippen molar-refractivity contribution in [2.24, 2.45) is 5.73 Å². The van der Waals surface area contributed by atoms with Gasteiger partial charge in [0, 0.05) is 0 Å². The van der Waals surface area contributed by atoms with Crippen LogP contribution in [-0.2, 0) is 11.2 Å². The number of carbonyl (C=O) groups excluding carboxylic acids is 1. The first-order chi connectivity index (χ1) is 7.13. The molecule has 1 amide bonds. The van der Waals surface area contributed by atoms with Crippen LogP contribution in [0.25, 0.3) is 0 Å². The van der Waals surface area contributed by atoms with Crippen LogP contribution in [0.2, 0.25) is 0 Å². The molecule has 4 heteroatoms. The highest BCUT2D eigenvalue weighted by Gasteiger charge is 2.11. The van der Waals surface area contributed by atoms with Gasteiger partial charge in [-0.25, -0.2) is 0 Å². The van der Waals surface area contributed by atoms with Gasteiger partial charge < -0.3 is 10.5 Å². The number of carbonyl (C=O) groups is 1. The molecule has 1 aromatic rings. The minimum atomic E-state index is -0.650. The van der Waals surface area contributed by atoms with Crippen molar-refractivity contribution < 1.29 is 9.53 Å². The molecule has 0 saturated heterocycles. The first-order valence-corrected chi connectivity index (χ1v) is 5.22. The van der Waals surface area contributed by atoms with Crippen molar-refractivity contribution in [3.63, 3.8) is 0 Å². The molecule has 0 heterocycles. The summed E-state index contributed by atoms with van der Waals surface area (Å²) in [6, 6.07) is 7.46. The van der Waals surface area contributed by atoms with E-state index in [1.807, 2.05) is 31.2 Å². The van der Waals surface area contributed by atoms with Crippen LogP contribution in [0.5, 0.6) is 5.75 Å². The van der Waals surface area contributed by atoms with E-state index in [2.05, 4.69) is 0 Å². The summed E-state index contributed by atoms with van der Waals surface area (Å²) in [5, 5.41) is -0.650. The lowest BCUT2D eigenvalue weighted by molar-refractivity contribution is -0.117. The van der Waals surface area contributed by atoms with Gasteiger partial charge in [-0.15, -0.1) is 11.6 Å². The van der Waals surface area contributed by atoms with E-state index in [0.29, 0.717) is 13.0 Å². The number of rotatable bonds is 5. The van der Waals surface area contributed by atoms with Crippen LogP contribution in [0.3, 0.4) is 0 Å². The summed E-state index contributed by atoms with van der Waals surface area (Å²) in [4.78, 5) is 10.7. The van der Waals surface area contributed by atoms with Crippen LogP contribution in [-0.4, -0.2) is 17.9 Å². The largest absolute Gasteiger partial charge is 0.494 e. The Hall–Kier alpha value is -1.22. The lowest BCUT2D eigenvalue weighted by atomic mass is 10.1. The monoisotopic (exact) mass is 227 g/mol. The topological polar surface area (TPSA) is 52.3 Å². The molecule has 0 fully saturated rings. The zero-order valence-corrected chi connectivity index (χ0v) is 9.33. The lowest BCUT2D eigenvalue weighted by Crippen LogP contribution is -2.25. The van der Waals surface area contributed by atoms with Gasteiger partial charge in [-0.05, 0) is 31.0 Å². The van der Waals surface area contributed by atoms with Crippen molar-refractivity contribution in [2.75, 3.05) is 6.61 Å². The van der Waals surface area contributed by atoms with E-state index in [9.17, 15) is 4.79 Å². The van der Waals surface area contributed by atoms with E-state index < -0.39 is 11.3 Å². The Labute approximate surface area is 94.2 Å². The number of nitrogens with two attached hydrogens (primary N) is 1. The molecule has 0 bridgehead atoms. The third-order valence-electron chi connectivity index (χ3n) is 1.96. The van der Waals surface area contributed by atoms with E-state index in [-0.39, 0.29) is 0 Å². The molecular formula is C11H14ClNO2. The van der Waals surface area contributed by atoms with E-state index in [1.54, 1.807) is 0 Å². The molecule has 0 aliphatic rings. The Morgan fingerprint density at radius 2 is 2.07 bits per heavy atom. The molecule has 0 aliphatic heterocycles. The molecular weight excluding hydrogens is 214 g/mol. The van der Waals surface area contributed by atoms with Crippen molar-refractivity contribution >= 4 is 17.5 Å². The highest BCUT2D eigenvalue weighted by atomic mass is 35.5. The lowest BCUT2D eigenvalue weighted by Gasteiger charge is -2.07. The summed E-state index contributed by atoms with van der Waals surface area (Å²) in [5.41, 5.74) is 6.04. The smallest absolute Gasteiger partial charge is 0.235 e. The fourth-order valence-corrected chi connectivity index (χ4v) is 1.37. The number of hydrogen-bond acceptors (Lipinski definition) is 2. The quantitative estimate of drug-likeness (QED) is 0.779. The normalized spacial score (nSPS) is 12.1. The second-order valence-electron chi connectivity index (χ2n) is 3.15. The Balaban J connectivity index is 2.60. The number of benzene rings is 1. The van der Waals surface area contributed by atoms with Gasteiger partial charge in [0.05, 0.1) is 6.61 Å². The van der Waals surface area contributed by atoms with Crippen LogP contribution >= 0.6 is 11.6 Å². The maximum Gasteiger partial charge on any atom is 0.235 e. The number of halogens is 1. The molecule has 3 nitrogen and oxygen atoms in total. The van der Waals surface area contributed by atoms with Gasteiger partial charge in [0.2, 0.25) is 5.91 Å². The van der Waals surface area contributed by atoms with Gasteiger partial charge in [0.1, 0.15) is 11.1 Å². The average molecular weight is 228 g/mol. The molecule has 1 unspecified atom stereocenters. The minimum Gasteiger partial charge on any atom is -0.494 e. The summed E-state index contributed by atoms with van der Waals surface area (Å²) in [5.74, 6) is 0.317. The van der Waals surface area contributed by atoms with Gasteiger partial charge in [0.15, 0.2) is 0 Å². The summed E-state index contributed by atoms with van der Waals surface area (Å²) in [6.45, 7) is 2.56. The highest BCUT2D eigenvalue weighted by Crippen LogP contribution is 2.14. The van der Waals surface area contributed by atoms with Gasteiger partial charge in [0.25, 0.3) is 0 Å². The summed E-state index contributed by atoms with van der Waals surface area (Å²) < 4.78 is 5.29. The van der Waals surface area contributed by atoms with Crippen LogP contribution in [0, 0.1) is 0 Å². The number of ether oxygens (including phenoxy) is 1. The number of primary amides is 1. The molecule has 2 N–H and O–H groups in total. The Morgan fingerprint density at radius 3 is 2.53 bits per heavy atom. The van der Waals surface area contributed by atoms with E-state index >= 15 is 0 Å². The third-order valence-corrected chi connectivity index (χ3v) is 2.33. The molecule has 1 aromatic carbocycles. The summed E-state index contributed by atoms with van der Waals surface area (Å²) in [6.07, 6.45) is 0.448. The average Bonchev–Trinajstić information content (AvgIpc) is 2.21. The number of hydrogen-bond donors (Lipinski definition) is 1. The SMILES string of the molecule is CCOc1ccc(CC(Cl)C(N)=O)cc1. The molecule has 0 radical (unpaired) electrons. The second kappa shape index (κ2) is 5.61. The molecule has 15 heavy (non-hydrogen) atoms. The first kappa shape index (κ1) is 11.9. The van der Waals surface area contributed by atoms with Gasteiger partial charge in [-0.3, -0.25) is 4.79 Å². The predicted octanol–water partition coefficient (Wildman–Crippen LogP) is 1.72. The molecule has 82 valence electrons. The second-order valence-corrected chi connectivity index (χ2v) is 3.68. The molecule has 0 aliphatic carbocycles. The van der Waals surface area contributed by atoms with Crippen molar-refractivity contribution in [3.8, 4) is 5.75 Å². The zero-order chi connectivity index (χ0) is 11.3. The fourth-order valence-electron chi connectivity index (χ4n) is 1.20. The Morgan fingerprint density at radius 1 is 1.47 bits per heavy atom. The molecule has 1 rings (SSSR count). The fraction of sp³-hybridized carbons (Fsp3) is 0.364. The third kappa shape index (κ3) is 3.80. The molecule has 0 aromatic heterocycles. The van der Waals surface area contributed by atoms with Crippen molar-refractivity contribution in [3.05, 3.63) is 29.8 Å². The molecule has 1 atom stereocenters. The molecule has 0 spiro atoms. The maximum atomic E-state index is 10.7. The van der Waals surface area contributed by atoms with Crippen molar-refractivity contribution in [1.29, 1.82) is 0 Å². The van der Waals surface area contributed by atoms with Crippen molar-refractivity contribution in [2.45, 2.75) is 18.7 Å². The van der Waals surface area contributed by atoms with Crippen LogP contribution < -0.4 is 10.5 Å².